The number of hydrogen-bond acceptors (Lipinski definition) is 3. The molecule has 1 fully saturated rings. The number of amides is 1. The predicted molar refractivity (Wildman–Crippen MR) is 107 cm³/mol. The van der Waals surface area contributed by atoms with Crippen molar-refractivity contribution in [2.45, 2.75) is 0 Å². The molecule has 1 aliphatic heterocycles. The minimum atomic E-state index is -0.166. The maximum absolute atomic E-state index is 13.9. The highest BCUT2D eigenvalue weighted by Gasteiger charge is 2.19. The molecule has 0 saturated carbocycles. The van der Waals surface area contributed by atoms with Crippen molar-refractivity contribution < 1.29 is 9.18 Å². The third-order valence-corrected chi connectivity index (χ3v) is 5.34. The van der Waals surface area contributed by atoms with Crippen LogP contribution in [0.25, 0.3) is 0 Å². The van der Waals surface area contributed by atoms with Gasteiger partial charge in [0, 0.05) is 42.8 Å². The molecule has 0 spiro atoms. The molecule has 4 nitrogen and oxygen atoms in total. The van der Waals surface area contributed by atoms with Crippen LogP contribution in [-0.2, 0) is 0 Å². The van der Waals surface area contributed by atoms with Gasteiger partial charge in [-0.15, -0.1) is 0 Å². The Bertz CT molecular complexity index is 732. The fourth-order valence-corrected chi connectivity index (χ4v) is 3.62. The number of carbonyl (C=O) groups is 1. The molecule has 1 aliphatic rings. The van der Waals surface area contributed by atoms with Crippen LogP contribution in [0.1, 0.15) is 10.4 Å². The van der Waals surface area contributed by atoms with E-state index in [0.717, 1.165) is 36.3 Å². The van der Waals surface area contributed by atoms with Gasteiger partial charge in [-0.2, -0.15) is 0 Å². The van der Waals surface area contributed by atoms with Crippen LogP contribution in [-0.4, -0.2) is 50.1 Å². The molecule has 2 aromatic carbocycles. The van der Waals surface area contributed by atoms with Gasteiger partial charge in [-0.1, -0.05) is 24.3 Å². The molecule has 1 N–H and O–H groups in total. The normalized spacial score (nSPS) is 15.2. The summed E-state index contributed by atoms with van der Waals surface area (Å²) in [6.07, 6.45) is 0. The van der Waals surface area contributed by atoms with Gasteiger partial charge in [-0.05, 0) is 46.9 Å². The number of para-hydroxylation sites is 1. The smallest absolute Gasteiger partial charge is 0.252 e. The van der Waals surface area contributed by atoms with Gasteiger partial charge in [0.05, 0.1) is 11.3 Å². The van der Waals surface area contributed by atoms with Gasteiger partial charge in [-0.25, -0.2) is 4.39 Å². The van der Waals surface area contributed by atoms with Gasteiger partial charge in [0.25, 0.3) is 5.91 Å². The lowest BCUT2D eigenvalue weighted by Crippen LogP contribution is -2.48. The standard InChI is InChI=1S/C19H21FIN3O/c20-16-6-2-4-8-18(16)24-13-11-23(12-14-24)10-9-22-19(25)15-5-1-3-7-17(15)21/h1-8H,9-14H2,(H,22,25). The lowest BCUT2D eigenvalue weighted by atomic mass is 10.2. The summed E-state index contributed by atoms with van der Waals surface area (Å²) in [5, 5.41) is 2.98. The Morgan fingerprint density at radius 3 is 2.44 bits per heavy atom. The van der Waals surface area contributed by atoms with E-state index in [0.29, 0.717) is 17.8 Å². The largest absolute Gasteiger partial charge is 0.367 e. The van der Waals surface area contributed by atoms with E-state index >= 15 is 0 Å². The number of rotatable bonds is 5. The fraction of sp³-hybridized carbons (Fsp3) is 0.316. The zero-order valence-corrected chi connectivity index (χ0v) is 16.1. The molecule has 0 radical (unpaired) electrons. The molecule has 0 atom stereocenters. The Balaban J connectivity index is 1.43. The average molecular weight is 453 g/mol. The number of piperazine rings is 1. The molecule has 132 valence electrons. The number of benzene rings is 2. The number of hydrogen-bond donors (Lipinski definition) is 1. The Hall–Kier alpha value is -1.67. The van der Waals surface area contributed by atoms with Gasteiger partial charge in [0.1, 0.15) is 5.82 Å². The third kappa shape index (κ3) is 4.70. The topological polar surface area (TPSA) is 35.6 Å². The second-order valence-electron chi connectivity index (χ2n) is 6.02. The molecule has 2 aromatic rings. The maximum Gasteiger partial charge on any atom is 0.252 e. The van der Waals surface area contributed by atoms with E-state index in [9.17, 15) is 9.18 Å². The maximum atomic E-state index is 13.9. The van der Waals surface area contributed by atoms with Crippen LogP contribution >= 0.6 is 22.6 Å². The van der Waals surface area contributed by atoms with Crippen molar-refractivity contribution >= 4 is 34.2 Å². The molecule has 1 saturated heterocycles. The number of nitrogens with one attached hydrogen (secondary N) is 1. The Labute approximate surface area is 161 Å². The summed E-state index contributed by atoms with van der Waals surface area (Å²) in [6, 6.07) is 14.5. The number of nitrogens with zero attached hydrogens (tertiary/aromatic N) is 2. The molecule has 3 rings (SSSR count). The highest BCUT2D eigenvalue weighted by Crippen LogP contribution is 2.20. The number of halogens is 2. The Morgan fingerprint density at radius 2 is 1.72 bits per heavy atom. The SMILES string of the molecule is O=C(NCCN1CCN(c2ccccc2F)CC1)c1ccccc1I. The van der Waals surface area contributed by atoms with E-state index in [1.54, 1.807) is 6.07 Å². The molecular weight excluding hydrogens is 432 g/mol. The minimum Gasteiger partial charge on any atom is -0.367 e. The molecule has 0 aliphatic carbocycles. The molecule has 0 unspecified atom stereocenters. The lowest BCUT2D eigenvalue weighted by Gasteiger charge is -2.36. The van der Waals surface area contributed by atoms with Crippen LogP contribution in [0.15, 0.2) is 48.5 Å². The van der Waals surface area contributed by atoms with Gasteiger partial charge in [0.15, 0.2) is 0 Å². The monoisotopic (exact) mass is 453 g/mol. The number of anilines is 1. The van der Waals surface area contributed by atoms with Crippen molar-refractivity contribution in [2.24, 2.45) is 0 Å². The fourth-order valence-electron chi connectivity index (χ4n) is 2.99. The summed E-state index contributed by atoms with van der Waals surface area (Å²) < 4.78 is 14.8. The zero-order valence-electron chi connectivity index (χ0n) is 13.9. The molecular formula is C19H21FIN3O. The first kappa shape index (κ1) is 18.1. The predicted octanol–water partition coefficient (Wildman–Crippen LogP) is 2.98. The van der Waals surface area contributed by atoms with Crippen molar-refractivity contribution in [1.82, 2.24) is 10.2 Å². The van der Waals surface area contributed by atoms with E-state index < -0.39 is 0 Å². The van der Waals surface area contributed by atoms with Crippen LogP contribution in [0.5, 0.6) is 0 Å². The summed E-state index contributed by atoms with van der Waals surface area (Å²) in [4.78, 5) is 16.6. The van der Waals surface area contributed by atoms with Crippen LogP contribution < -0.4 is 10.2 Å². The molecule has 0 bridgehead atoms. The summed E-state index contributed by atoms with van der Waals surface area (Å²) in [5.74, 6) is -0.198. The summed E-state index contributed by atoms with van der Waals surface area (Å²) >= 11 is 2.17. The highest BCUT2D eigenvalue weighted by atomic mass is 127. The molecule has 1 amide bonds. The second-order valence-corrected chi connectivity index (χ2v) is 7.18. The summed E-state index contributed by atoms with van der Waals surface area (Å²) in [5.41, 5.74) is 1.39. The van der Waals surface area contributed by atoms with Crippen LogP contribution in [0.4, 0.5) is 10.1 Å². The first-order valence-corrected chi connectivity index (χ1v) is 9.47. The van der Waals surface area contributed by atoms with Crippen molar-refractivity contribution in [3.8, 4) is 0 Å². The van der Waals surface area contributed by atoms with Crippen molar-refractivity contribution in [3.05, 3.63) is 63.5 Å². The molecule has 25 heavy (non-hydrogen) atoms. The summed E-state index contributed by atoms with van der Waals surface area (Å²) in [7, 11) is 0. The van der Waals surface area contributed by atoms with Crippen LogP contribution in [0, 0.1) is 9.39 Å². The van der Waals surface area contributed by atoms with Gasteiger partial charge in [0.2, 0.25) is 0 Å². The van der Waals surface area contributed by atoms with Gasteiger partial charge < -0.3 is 10.2 Å². The van der Waals surface area contributed by atoms with Crippen molar-refractivity contribution in [2.75, 3.05) is 44.2 Å². The van der Waals surface area contributed by atoms with Gasteiger partial charge in [-0.3, -0.25) is 9.69 Å². The Kier molecular flexibility index (Phi) is 6.25. The zero-order chi connectivity index (χ0) is 17.6. The van der Waals surface area contributed by atoms with E-state index in [-0.39, 0.29) is 11.7 Å². The minimum absolute atomic E-state index is 0.0324. The lowest BCUT2D eigenvalue weighted by molar-refractivity contribution is 0.0947. The van der Waals surface area contributed by atoms with Crippen LogP contribution in [0.3, 0.4) is 0 Å². The molecule has 0 aromatic heterocycles. The van der Waals surface area contributed by atoms with Crippen molar-refractivity contribution in [1.29, 1.82) is 0 Å². The number of carbonyl (C=O) groups excluding carboxylic acids is 1. The quantitative estimate of drug-likeness (QED) is 0.708. The first-order valence-electron chi connectivity index (χ1n) is 8.40. The van der Waals surface area contributed by atoms with E-state index in [2.05, 4.69) is 37.7 Å². The first-order chi connectivity index (χ1) is 12.1. The van der Waals surface area contributed by atoms with Gasteiger partial charge >= 0.3 is 0 Å². The van der Waals surface area contributed by atoms with E-state index in [4.69, 9.17) is 0 Å². The third-order valence-electron chi connectivity index (χ3n) is 4.40. The highest BCUT2D eigenvalue weighted by molar-refractivity contribution is 14.1. The van der Waals surface area contributed by atoms with E-state index in [1.165, 1.54) is 6.07 Å². The van der Waals surface area contributed by atoms with E-state index in [1.807, 2.05) is 36.4 Å². The van der Waals surface area contributed by atoms with Crippen molar-refractivity contribution in [3.63, 3.8) is 0 Å². The van der Waals surface area contributed by atoms with Crippen LogP contribution in [0.2, 0.25) is 0 Å². The molecule has 6 heteroatoms. The second kappa shape index (κ2) is 8.62. The summed E-state index contributed by atoms with van der Waals surface area (Å²) in [6.45, 7) is 4.75. The molecule has 1 heterocycles. The Morgan fingerprint density at radius 1 is 1.04 bits per heavy atom. The average Bonchev–Trinajstić information content (AvgIpc) is 2.63.